The Morgan fingerprint density at radius 1 is 1.33 bits per heavy atom. The summed E-state index contributed by atoms with van der Waals surface area (Å²) in [6, 6.07) is 6.74. The first-order valence-corrected chi connectivity index (χ1v) is 8.02. The van der Waals surface area contributed by atoms with Crippen molar-refractivity contribution in [3.05, 3.63) is 52.2 Å². The van der Waals surface area contributed by atoms with E-state index in [-0.39, 0.29) is 11.7 Å². The lowest BCUT2D eigenvalue weighted by Gasteiger charge is -2.21. The first-order chi connectivity index (χ1) is 10.2. The van der Waals surface area contributed by atoms with Gasteiger partial charge in [0.05, 0.1) is 6.54 Å². The number of benzene rings is 1. The van der Waals surface area contributed by atoms with Crippen molar-refractivity contribution < 1.29 is 9.18 Å². The molecule has 0 N–H and O–H groups in total. The SMILES string of the molecule is O=C(CCc1ccc(F)cc1)N(Cc1nccs1)C1CC1. The Morgan fingerprint density at radius 2 is 2.10 bits per heavy atom. The lowest BCUT2D eigenvalue weighted by Crippen LogP contribution is -2.32. The second-order valence-corrected chi connectivity index (χ2v) is 6.28. The van der Waals surface area contributed by atoms with Crippen LogP contribution >= 0.6 is 11.3 Å². The standard InChI is InChI=1S/C16H17FN2OS/c17-13-4-1-12(2-5-13)3-8-16(20)19(14-6-7-14)11-15-18-9-10-21-15/h1-2,4-5,9-10,14H,3,6-8,11H2. The molecule has 0 saturated heterocycles. The number of halogens is 1. The van der Waals surface area contributed by atoms with Crippen molar-refractivity contribution in [2.24, 2.45) is 0 Å². The summed E-state index contributed by atoms with van der Waals surface area (Å²) in [7, 11) is 0. The molecule has 1 fully saturated rings. The molecule has 0 radical (unpaired) electrons. The van der Waals surface area contributed by atoms with Gasteiger partial charge in [-0.1, -0.05) is 12.1 Å². The molecule has 0 spiro atoms. The molecule has 0 bridgehead atoms. The highest BCUT2D eigenvalue weighted by Crippen LogP contribution is 2.29. The van der Waals surface area contributed by atoms with Crippen LogP contribution in [0.4, 0.5) is 4.39 Å². The van der Waals surface area contributed by atoms with Gasteiger partial charge in [0, 0.05) is 24.0 Å². The summed E-state index contributed by atoms with van der Waals surface area (Å²) in [5.41, 5.74) is 0.995. The van der Waals surface area contributed by atoms with E-state index in [1.807, 2.05) is 10.3 Å². The third-order valence-corrected chi connectivity index (χ3v) is 4.40. The van der Waals surface area contributed by atoms with Crippen LogP contribution in [0.1, 0.15) is 29.8 Å². The number of amides is 1. The zero-order chi connectivity index (χ0) is 14.7. The second-order valence-electron chi connectivity index (χ2n) is 5.31. The van der Waals surface area contributed by atoms with Crippen molar-refractivity contribution in [2.75, 3.05) is 0 Å². The minimum atomic E-state index is -0.242. The van der Waals surface area contributed by atoms with E-state index in [0.29, 0.717) is 25.4 Å². The molecule has 0 unspecified atom stereocenters. The van der Waals surface area contributed by atoms with Crippen LogP contribution in [0, 0.1) is 5.82 Å². The van der Waals surface area contributed by atoms with Crippen LogP contribution in [-0.4, -0.2) is 21.8 Å². The molecule has 1 aromatic carbocycles. The molecule has 5 heteroatoms. The monoisotopic (exact) mass is 304 g/mol. The van der Waals surface area contributed by atoms with E-state index >= 15 is 0 Å². The van der Waals surface area contributed by atoms with Crippen LogP contribution < -0.4 is 0 Å². The lowest BCUT2D eigenvalue weighted by atomic mass is 10.1. The fourth-order valence-electron chi connectivity index (χ4n) is 2.33. The van der Waals surface area contributed by atoms with Crippen molar-refractivity contribution in [1.29, 1.82) is 0 Å². The maximum Gasteiger partial charge on any atom is 0.223 e. The maximum atomic E-state index is 12.9. The van der Waals surface area contributed by atoms with Crippen LogP contribution in [0.3, 0.4) is 0 Å². The van der Waals surface area contributed by atoms with Crippen molar-refractivity contribution in [2.45, 2.75) is 38.3 Å². The Kier molecular flexibility index (Phi) is 4.29. The highest BCUT2D eigenvalue weighted by molar-refractivity contribution is 7.09. The van der Waals surface area contributed by atoms with Gasteiger partial charge in [-0.25, -0.2) is 9.37 Å². The van der Waals surface area contributed by atoms with Crippen LogP contribution in [0.15, 0.2) is 35.8 Å². The summed E-state index contributed by atoms with van der Waals surface area (Å²) in [5, 5.41) is 2.92. The normalized spacial score (nSPS) is 14.1. The molecule has 1 saturated carbocycles. The Hall–Kier alpha value is -1.75. The number of thiazole rings is 1. The molecule has 0 aliphatic heterocycles. The van der Waals surface area contributed by atoms with E-state index in [1.165, 1.54) is 12.1 Å². The van der Waals surface area contributed by atoms with Gasteiger partial charge in [0.1, 0.15) is 10.8 Å². The van der Waals surface area contributed by atoms with Crippen LogP contribution in [0.25, 0.3) is 0 Å². The predicted octanol–water partition coefficient (Wildman–Crippen LogP) is 3.41. The summed E-state index contributed by atoms with van der Waals surface area (Å²) in [4.78, 5) is 18.6. The zero-order valence-corrected chi connectivity index (χ0v) is 12.5. The highest BCUT2D eigenvalue weighted by Gasteiger charge is 2.32. The Balaban J connectivity index is 1.58. The van der Waals surface area contributed by atoms with E-state index in [1.54, 1.807) is 29.7 Å². The second kappa shape index (κ2) is 6.35. The number of carbonyl (C=O) groups excluding carboxylic acids is 1. The molecule has 1 aliphatic rings. The van der Waals surface area contributed by atoms with Crippen molar-refractivity contribution in [1.82, 2.24) is 9.88 Å². The fourth-order valence-corrected chi connectivity index (χ4v) is 2.94. The number of aryl methyl sites for hydroxylation is 1. The number of carbonyl (C=O) groups is 1. The smallest absolute Gasteiger partial charge is 0.223 e. The number of aromatic nitrogens is 1. The van der Waals surface area contributed by atoms with E-state index in [9.17, 15) is 9.18 Å². The first-order valence-electron chi connectivity index (χ1n) is 7.14. The van der Waals surface area contributed by atoms with E-state index in [0.717, 1.165) is 23.4 Å². The van der Waals surface area contributed by atoms with Crippen LogP contribution in [0.2, 0.25) is 0 Å². The van der Waals surface area contributed by atoms with Crippen LogP contribution in [-0.2, 0) is 17.8 Å². The van der Waals surface area contributed by atoms with E-state index in [4.69, 9.17) is 0 Å². The van der Waals surface area contributed by atoms with Gasteiger partial charge >= 0.3 is 0 Å². The zero-order valence-electron chi connectivity index (χ0n) is 11.7. The Morgan fingerprint density at radius 3 is 2.71 bits per heavy atom. The maximum absolute atomic E-state index is 12.9. The van der Waals surface area contributed by atoms with Gasteiger partial charge < -0.3 is 4.90 Å². The average Bonchev–Trinajstić information content (AvgIpc) is 3.20. The third kappa shape index (κ3) is 3.88. The summed E-state index contributed by atoms with van der Waals surface area (Å²) in [6.07, 6.45) is 5.07. The summed E-state index contributed by atoms with van der Waals surface area (Å²) in [5.74, 6) is -0.0783. The Bertz CT molecular complexity index is 593. The molecule has 1 aromatic heterocycles. The lowest BCUT2D eigenvalue weighted by molar-refractivity contribution is -0.132. The van der Waals surface area contributed by atoms with Gasteiger partial charge in [-0.3, -0.25) is 4.79 Å². The molecule has 1 aliphatic carbocycles. The molecule has 3 rings (SSSR count). The molecule has 110 valence electrons. The number of rotatable bonds is 6. The van der Waals surface area contributed by atoms with Gasteiger partial charge in [-0.15, -0.1) is 11.3 Å². The first kappa shape index (κ1) is 14.2. The summed E-state index contributed by atoms with van der Waals surface area (Å²) in [6.45, 7) is 0.616. The van der Waals surface area contributed by atoms with Crippen LogP contribution in [0.5, 0.6) is 0 Å². The predicted molar refractivity (Wildman–Crippen MR) is 80.4 cm³/mol. The van der Waals surface area contributed by atoms with Gasteiger partial charge in [0.25, 0.3) is 0 Å². The average molecular weight is 304 g/mol. The van der Waals surface area contributed by atoms with Gasteiger partial charge in [-0.05, 0) is 37.0 Å². The molecule has 1 amide bonds. The fraction of sp³-hybridized carbons (Fsp3) is 0.375. The van der Waals surface area contributed by atoms with Gasteiger partial charge in [0.2, 0.25) is 5.91 Å². The number of nitrogens with zero attached hydrogens (tertiary/aromatic N) is 2. The summed E-state index contributed by atoms with van der Waals surface area (Å²) >= 11 is 1.58. The molecule has 21 heavy (non-hydrogen) atoms. The largest absolute Gasteiger partial charge is 0.333 e. The minimum absolute atomic E-state index is 0.164. The molecule has 2 aromatic rings. The van der Waals surface area contributed by atoms with Gasteiger partial charge in [0.15, 0.2) is 0 Å². The third-order valence-electron chi connectivity index (χ3n) is 3.64. The topological polar surface area (TPSA) is 33.2 Å². The van der Waals surface area contributed by atoms with Crippen molar-refractivity contribution >= 4 is 17.2 Å². The molecule has 0 atom stereocenters. The molecular formula is C16H17FN2OS. The van der Waals surface area contributed by atoms with E-state index in [2.05, 4.69) is 4.98 Å². The molecule has 3 nitrogen and oxygen atoms in total. The summed E-state index contributed by atoms with van der Waals surface area (Å²) < 4.78 is 12.9. The highest BCUT2D eigenvalue weighted by atomic mass is 32.1. The quantitative estimate of drug-likeness (QED) is 0.819. The minimum Gasteiger partial charge on any atom is -0.333 e. The van der Waals surface area contributed by atoms with E-state index < -0.39 is 0 Å². The van der Waals surface area contributed by atoms with Gasteiger partial charge in [-0.2, -0.15) is 0 Å². The van der Waals surface area contributed by atoms with Crippen molar-refractivity contribution in [3.8, 4) is 0 Å². The number of hydrogen-bond donors (Lipinski definition) is 0. The molecule has 1 heterocycles. The molecular weight excluding hydrogens is 287 g/mol. The van der Waals surface area contributed by atoms with Crippen molar-refractivity contribution in [3.63, 3.8) is 0 Å². The Labute approximate surface area is 127 Å². The number of hydrogen-bond acceptors (Lipinski definition) is 3.